The molecule has 7 nitrogen and oxygen atoms in total. The fraction of sp³-hybridized carbons (Fsp3) is 0.500. The predicted molar refractivity (Wildman–Crippen MR) is 103 cm³/mol. The van der Waals surface area contributed by atoms with Crippen LogP contribution in [0, 0.1) is 0 Å². The number of nitrogens with zero attached hydrogens (tertiary/aromatic N) is 4. The Morgan fingerprint density at radius 1 is 1.27 bits per heavy atom. The molecule has 1 aliphatic heterocycles. The second-order valence-electron chi connectivity index (χ2n) is 7.16. The maximum Gasteiger partial charge on any atom is 0.417 e. The Balaban J connectivity index is 1.57. The summed E-state index contributed by atoms with van der Waals surface area (Å²) in [4.78, 5) is 14.0. The molecule has 3 rings (SSSR count). The van der Waals surface area contributed by atoms with Crippen LogP contribution in [0.5, 0.6) is 0 Å². The third-order valence-electron chi connectivity index (χ3n) is 5.12. The minimum Gasteiger partial charge on any atom is -0.343 e. The van der Waals surface area contributed by atoms with Crippen molar-refractivity contribution in [3.63, 3.8) is 0 Å². The largest absolute Gasteiger partial charge is 0.417 e. The van der Waals surface area contributed by atoms with Gasteiger partial charge in [-0.1, -0.05) is 17.7 Å². The average molecular weight is 465 g/mol. The number of sulfone groups is 1. The van der Waals surface area contributed by atoms with Crippen LogP contribution in [-0.4, -0.2) is 52.3 Å². The van der Waals surface area contributed by atoms with Crippen molar-refractivity contribution in [1.82, 2.24) is 19.7 Å². The molecule has 1 aliphatic rings. The lowest BCUT2D eigenvalue weighted by Gasteiger charge is -2.31. The first-order chi connectivity index (χ1) is 14.0. The number of benzene rings is 1. The smallest absolute Gasteiger partial charge is 0.343 e. The first kappa shape index (κ1) is 22.5. The van der Waals surface area contributed by atoms with E-state index in [1.165, 1.54) is 23.0 Å². The number of amides is 1. The minimum atomic E-state index is -4.56. The van der Waals surface area contributed by atoms with Gasteiger partial charge in [0.25, 0.3) is 0 Å². The van der Waals surface area contributed by atoms with Crippen molar-refractivity contribution in [1.29, 1.82) is 0 Å². The Morgan fingerprint density at radius 2 is 1.93 bits per heavy atom. The SMILES string of the molecule is Cn1cnnc1S(=O)(=O)C1CCN(C(=O)CCc2ccc(Cl)c(C(F)(F)F)c2)CC1. The molecule has 1 fully saturated rings. The number of hydrogen-bond donors (Lipinski definition) is 0. The first-order valence-electron chi connectivity index (χ1n) is 9.21. The van der Waals surface area contributed by atoms with Crippen molar-refractivity contribution in [2.75, 3.05) is 13.1 Å². The van der Waals surface area contributed by atoms with Gasteiger partial charge >= 0.3 is 6.18 Å². The van der Waals surface area contributed by atoms with Crippen LogP contribution in [0.4, 0.5) is 13.2 Å². The molecular formula is C18H20ClF3N4O3S. The van der Waals surface area contributed by atoms with Gasteiger partial charge in [-0.3, -0.25) is 4.79 Å². The highest BCUT2D eigenvalue weighted by Gasteiger charge is 2.36. The highest BCUT2D eigenvalue weighted by atomic mass is 35.5. The van der Waals surface area contributed by atoms with Crippen LogP contribution in [0.3, 0.4) is 0 Å². The van der Waals surface area contributed by atoms with Crippen molar-refractivity contribution >= 4 is 27.3 Å². The molecule has 0 N–H and O–H groups in total. The van der Waals surface area contributed by atoms with Gasteiger partial charge < -0.3 is 9.47 Å². The van der Waals surface area contributed by atoms with E-state index >= 15 is 0 Å². The summed E-state index contributed by atoms with van der Waals surface area (Å²) >= 11 is 5.61. The number of aromatic nitrogens is 3. The molecule has 0 aliphatic carbocycles. The lowest BCUT2D eigenvalue weighted by molar-refractivity contribution is -0.137. The van der Waals surface area contributed by atoms with Gasteiger partial charge in [-0.25, -0.2) is 8.42 Å². The molecule has 1 aromatic carbocycles. The van der Waals surface area contributed by atoms with E-state index in [1.807, 2.05) is 0 Å². The summed E-state index contributed by atoms with van der Waals surface area (Å²) in [6.07, 6.45) is -2.56. The van der Waals surface area contributed by atoms with Gasteiger partial charge in [-0.15, -0.1) is 10.2 Å². The standard InChI is InChI=1S/C18H20ClF3N4O3S/c1-25-11-23-24-17(25)30(28,29)13-6-8-26(9-7-13)16(27)5-3-12-2-4-15(19)14(10-12)18(20,21)22/h2,4,10-11,13H,3,5-9H2,1H3. The van der Waals surface area contributed by atoms with E-state index in [9.17, 15) is 26.4 Å². The molecule has 0 unspecified atom stereocenters. The molecule has 1 saturated heterocycles. The van der Waals surface area contributed by atoms with Crippen LogP contribution in [0.2, 0.25) is 5.02 Å². The third kappa shape index (κ3) is 4.77. The Kier molecular flexibility index (Phi) is 6.42. The van der Waals surface area contributed by atoms with Gasteiger partial charge in [0.15, 0.2) is 0 Å². The van der Waals surface area contributed by atoms with Crippen LogP contribution in [-0.2, 0) is 34.3 Å². The average Bonchev–Trinajstić information content (AvgIpc) is 3.13. The quantitative estimate of drug-likeness (QED) is 0.679. The second-order valence-corrected chi connectivity index (χ2v) is 9.69. The molecule has 30 heavy (non-hydrogen) atoms. The fourth-order valence-corrected chi connectivity index (χ4v) is 5.41. The zero-order chi connectivity index (χ0) is 22.1. The normalized spacial score (nSPS) is 16.1. The monoisotopic (exact) mass is 464 g/mol. The van der Waals surface area contributed by atoms with E-state index in [0.29, 0.717) is 5.56 Å². The maximum atomic E-state index is 13.0. The molecule has 0 bridgehead atoms. The third-order valence-corrected chi connectivity index (χ3v) is 7.68. The van der Waals surface area contributed by atoms with Gasteiger partial charge in [0.1, 0.15) is 6.33 Å². The molecule has 0 atom stereocenters. The lowest BCUT2D eigenvalue weighted by Crippen LogP contribution is -2.43. The number of hydrogen-bond acceptors (Lipinski definition) is 5. The Bertz CT molecular complexity index is 1030. The van der Waals surface area contributed by atoms with Crippen LogP contribution in [0.1, 0.15) is 30.4 Å². The molecule has 0 spiro atoms. The fourth-order valence-electron chi connectivity index (χ4n) is 3.45. The highest BCUT2D eigenvalue weighted by molar-refractivity contribution is 7.91. The van der Waals surface area contributed by atoms with Gasteiger partial charge in [-0.2, -0.15) is 13.2 Å². The molecule has 1 aromatic heterocycles. The molecule has 1 amide bonds. The van der Waals surface area contributed by atoms with E-state index in [1.54, 1.807) is 11.9 Å². The zero-order valence-electron chi connectivity index (χ0n) is 16.1. The number of likely N-dealkylation sites (tertiary alicyclic amines) is 1. The highest BCUT2D eigenvalue weighted by Crippen LogP contribution is 2.35. The number of piperidine rings is 1. The topological polar surface area (TPSA) is 85.2 Å². The van der Waals surface area contributed by atoms with Gasteiger partial charge in [0.2, 0.25) is 20.9 Å². The maximum absolute atomic E-state index is 13.0. The summed E-state index contributed by atoms with van der Waals surface area (Å²) in [5.41, 5.74) is -0.566. The zero-order valence-corrected chi connectivity index (χ0v) is 17.6. The molecule has 0 saturated carbocycles. The summed E-state index contributed by atoms with van der Waals surface area (Å²) in [6.45, 7) is 0.518. The summed E-state index contributed by atoms with van der Waals surface area (Å²) in [6, 6.07) is 3.59. The van der Waals surface area contributed by atoms with E-state index in [4.69, 9.17) is 11.6 Å². The Labute approximate surface area is 176 Å². The van der Waals surface area contributed by atoms with Crippen LogP contribution < -0.4 is 0 Å². The molecule has 12 heteroatoms. The van der Waals surface area contributed by atoms with Crippen molar-refractivity contribution in [3.05, 3.63) is 40.7 Å². The Morgan fingerprint density at radius 3 is 2.50 bits per heavy atom. The van der Waals surface area contributed by atoms with E-state index < -0.39 is 26.8 Å². The number of carbonyl (C=O) groups excluding carboxylic acids is 1. The van der Waals surface area contributed by atoms with Gasteiger partial charge in [0, 0.05) is 26.6 Å². The summed E-state index contributed by atoms with van der Waals surface area (Å²) < 4.78 is 65.6. The van der Waals surface area contributed by atoms with Crippen LogP contribution in [0.15, 0.2) is 29.7 Å². The molecule has 0 radical (unpaired) electrons. The van der Waals surface area contributed by atoms with Crippen molar-refractivity contribution in [2.24, 2.45) is 7.05 Å². The minimum absolute atomic E-state index is 0.0274. The van der Waals surface area contributed by atoms with Crippen molar-refractivity contribution < 1.29 is 26.4 Å². The summed E-state index contributed by atoms with van der Waals surface area (Å²) in [5.74, 6) is -0.229. The first-order valence-corrected chi connectivity index (χ1v) is 11.1. The van der Waals surface area contributed by atoms with E-state index in [2.05, 4.69) is 10.2 Å². The van der Waals surface area contributed by atoms with Crippen molar-refractivity contribution in [3.8, 4) is 0 Å². The summed E-state index contributed by atoms with van der Waals surface area (Å²) in [5, 5.41) is 6.12. The molecular weight excluding hydrogens is 445 g/mol. The predicted octanol–water partition coefficient (Wildman–Crippen LogP) is 2.88. The molecule has 2 heterocycles. The van der Waals surface area contributed by atoms with Crippen molar-refractivity contribution in [2.45, 2.75) is 42.3 Å². The number of alkyl halides is 3. The number of carbonyl (C=O) groups is 1. The van der Waals surface area contributed by atoms with Crippen LogP contribution in [0.25, 0.3) is 0 Å². The summed E-state index contributed by atoms with van der Waals surface area (Å²) in [7, 11) is -2.10. The van der Waals surface area contributed by atoms with E-state index in [-0.39, 0.29) is 54.9 Å². The number of rotatable bonds is 5. The van der Waals surface area contributed by atoms with Gasteiger partial charge in [-0.05, 0) is 37.0 Å². The number of aryl methyl sites for hydroxylation is 2. The van der Waals surface area contributed by atoms with Gasteiger partial charge in [0.05, 0.1) is 15.8 Å². The van der Waals surface area contributed by atoms with E-state index in [0.717, 1.165) is 6.07 Å². The molecule has 2 aromatic rings. The second kappa shape index (κ2) is 8.54. The number of halogens is 4. The lowest BCUT2D eigenvalue weighted by atomic mass is 10.0. The molecule has 164 valence electrons. The Hall–Kier alpha value is -2.14. The van der Waals surface area contributed by atoms with Crippen LogP contribution >= 0.6 is 11.6 Å².